The van der Waals surface area contributed by atoms with E-state index in [0.717, 1.165) is 24.1 Å². The summed E-state index contributed by atoms with van der Waals surface area (Å²) in [5.41, 5.74) is 2.23. The first-order chi connectivity index (χ1) is 12.7. The van der Waals surface area contributed by atoms with E-state index in [4.69, 9.17) is 0 Å². The molecule has 1 aromatic carbocycles. The molecule has 3 heterocycles. The Balaban J connectivity index is 1.59. The minimum atomic E-state index is -0.303. The van der Waals surface area contributed by atoms with Crippen molar-refractivity contribution in [2.24, 2.45) is 0 Å². The van der Waals surface area contributed by atoms with E-state index in [9.17, 15) is 9.18 Å². The average molecular weight is 351 g/mol. The summed E-state index contributed by atoms with van der Waals surface area (Å²) in [6, 6.07) is 5.92. The minimum absolute atomic E-state index is 0.00940. The van der Waals surface area contributed by atoms with Crippen molar-refractivity contribution in [3.63, 3.8) is 0 Å². The van der Waals surface area contributed by atoms with Gasteiger partial charge in [0.25, 0.3) is 0 Å². The third-order valence-electron chi connectivity index (χ3n) is 4.61. The van der Waals surface area contributed by atoms with Crippen LogP contribution in [0.25, 0.3) is 11.5 Å². The Bertz CT molecular complexity index is 895. The topological polar surface area (TPSA) is 74.8 Å². The van der Waals surface area contributed by atoms with Gasteiger partial charge < -0.3 is 9.88 Å². The predicted octanol–water partition coefficient (Wildman–Crippen LogP) is 2.91. The van der Waals surface area contributed by atoms with Crippen LogP contribution in [0.4, 0.5) is 4.39 Å². The highest BCUT2D eigenvalue weighted by molar-refractivity contribution is 5.79. The number of benzene rings is 1. The number of likely N-dealkylation sites (tertiary alicyclic amines) is 1. The first kappa shape index (κ1) is 16.4. The van der Waals surface area contributed by atoms with Crippen molar-refractivity contribution in [1.82, 2.24) is 24.8 Å². The lowest BCUT2D eigenvalue weighted by Gasteiger charge is -2.25. The van der Waals surface area contributed by atoms with E-state index in [2.05, 4.69) is 19.9 Å². The molecule has 0 radical (unpaired) electrons. The summed E-state index contributed by atoms with van der Waals surface area (Å²) in [4.78, 5) is 30.9. The molecule has 6 nitrogen and oxygen atoms in total. The molecule has 26 heavy (non-hydrogen) atoms. The zero-order chi connectivity index (χ0) is 17.9. The molecule has 1 amide bonds. The van der Waals surface area contributed by atoms with Crippen molar-refractivity contribution in [2.45, 2.75) is 25.3 Å². The molecule has 3 aromatic rings. The fourth-order valence-corrected chi connectivity index (χ4v) is 3.40. The number of nitrogens with zero attached hydrogens (tertiary/aromatic N) is 4. The third kappa shape index (κ3) is 3.20. The van der Waals surface area contributed by atoms with E-state index in [-0.39, 0.29) is 24.2 Å². The van der Waals surface area contributed by atoms with Crippen LogP contribution in [0.3, 0.4) is 0 Å². The molecule has 1 aliphatic rings. The maximum absolute atomic E-state index is 13.1. The van der Waals surface area contributed by atoms with E-state index in [0.29, 0.717) is 18.1 Å². The van der Waals surface area contributed by atoms with Gasteiger partial charge in [-0.25, -0.2) is 14.4 Å². The lowest BCUT2D eigenvalue weighted by molar-refractivity contribution is -0.131. The molecule has 0 unspecified atom stereocenters. The number of carbonyl (C=O) groups excluding carboxylic acids is 1. The van der Waals surface area contributed by atoms with Gasteiger partial charge in [0.2, 0.25) is 5.91 Å². The number of rotatable bonds is 4. The molecule has 4 rings (SSSR count). The van der Waals surface area contributed by atoms with E-state index < -0.39 is 0 Å². The van der Waals surface area contributed by atoms with Crippen LogP contribution in [-0.2, 0) is 11.2 Å². The van der Waals surface area contributed by atoms with Crippen LogP contribution in [0, 0.1) is 5.82 Å². The van der Waals surface area contributed by atoms with Crippen LogP contribution in [0.5, 0.6) is 0 Å². The van der Waals surface area contributed by atoms with E-state index in [1.807, 2.05) is 4.90 Å². The number of hydrogen-bond acceptors (Lipinski definition) is 4. The number of halogens is 1. The van der Waals surface area contributed by atoms with Crippen molar-refractivity contribution >= 4 is 5.91 Å². The van der Waals surface area contributed by atoms with Gasteiger partial charge >= 0.3 is 0 Å². The SMILES string of the molecule is O=C(Cc1ccc(F)cc1)N1CCC[C@@H]1c1nccnc1-c1ncc[nH]1. The molecule has 132 valence electrons. The quantitative estimate of drug-likeness (QED) is 0.784. The highest BCUT2D eigenvalue weighted by atomic mass is 19.1. The van der Waals surface area contributed by atoms with Gasteiger partial charge in [-0.05, 0) is 30.5 Å². The number of H-pyrrole nitrogens is 1. The van der Waals surface area contributed by atoms with Crippen LogP contribution >= 0.6 is 0 Å². The molecule has 1 saturated heterocycles. The summed E-state index contributed by atoms with van der Waals surface area (Å²) in [6.07, 6.45) is 8.66. The maximum Gasteiger partial charge on any atom is 0.227 e. The standard InChI is InChI=1S/C19H18FN5O/c20-14-5-3-13(4-6-14)12-16(26)25-11-1-2-15(25)17-18(22-8-7-21-17)19-23-9-10-24-19/h3-10,15H,1-2,11-12H2,(H,23,24)/t15-/m1/s1. The summed E-state index contributed by atoms with van der Waals surface area (Å²) in [5, 5.41) is 0. The molecule has 0 spiro atoms. The lowest BCUT2D eigenvalue weighted by Crippen LogP contribution is -2.32. The summed E-state index contributed by atoms with van der Waals surface area (Å²) in [7, 11) is 0. The summed E-state index contributed by atoms with van der Waals surface area (Å²) >= 11 is 0. The Labute approximate surface area is 150 Å². The molecule has 1 atom stereocenters. The smallest absolute Gasteiger partial charge is 0.227 e. The fourth-order valence-electron chi connectivity index (χ4n) is 3.40. The van der Waals surface area contributed by atoms with Crippen LogP contribution < -0.4 is 0 Å². The van der Waals surface area contributed by atoms with Gasteiger partial charge in [-0.3, -0.25) is 9.78 Å². The molecular formula is C19H18FN5O. The van der Waals surface area contributed by atoms with E-state index in [1.54, 1.807) is 36.9 Å². The second kappa shape index (κ2) is 7.03. The zero-order valence-electron chi connectivity index (χ0n) is 14.1. The molecule has 0 aliphatic carbocycles. The molecule has 1 fully saturated rings. The number of hydrogen-bond donors (Lipinski definition) is 1. The molecule has 1 N–H and O–H groups in total. The predicted molar refractivity (Wildman–Crippen MR) is 93.4 cm³/mol. The number of carbonyl (C=O) groups is 1. The van der Waals surface area contributed by atoms with Crippen molar-refractivity contribution in [1.29, 1.82) is 0 Å². The number of aromatic amines is 1. The van der Waals surface area contributed by atoms with Gasteiger partial charge in [-0.2, -0.15) is 0 Å². The summed E-state index contributed by atoms with van der Waals surface area (Å²) < 4.78 is 13.1. The van der Waals surface area contributed by atoms with Crippen molar-refractivity contribution in [2.75, 3.05) is 6.54 Å². The van der Waals surface area contributed by atoms with Gasteiger partial charge in [0.05, 0.1) is 18.2 Å². The van der Waals surface area contributed by atoms with Crippen molar-refractivity contribution < 1.29 is 9.18 Å². The number of nitrogens with one attached hydrogen (secondary N) is 1. The molecule has 0 bridgehead atoms. The second-order valence-corrected chi connectivity index (χ2v) is 6.28. The Hall–Kier alpha value is -3.09. The number of amides is 1. The van der Waals surface area contributed by atoms with Gasteiger partial charge in [0.15, 0.2) is 5.82 Å². The highest BCUT2D eigenvalue weighted by Crippen LogP contribution is 2.34. The Morgan fingerprint density at radius 2 is 1.96 bits per heavy atom. The summed E-state index contributed by atoms with van der Waals surface area (Å²) in [5.74, 6) is 0.351. The largest absolute Gasteiger partial charge is 0.343 e. The monoisotopic (exact) mass is 351 g/mol. The number of aromatic nitrogens is 4. The molecule has 7 heteroatoms. The average Bonchev–Trinajstić information content (AvgIpc) is 3.35. The highest BCUT2D eigenvalue weighted by Gasteiger charge is 2.33. The normalized spacial score (nSPS) is 16.8. The van der Waals surface area contributed by atoms with Gasteiger partial charge in [-0.1, -0.05) is 12.1 Å². The third-order valence-corrected chi connectivity index (χ3v) is 4.61. The zero-order valence-corrected chi connectivity index (χ0v) is 14.1. The molecule has 0 saturated carbocycles. The van der Waals surface area contributed by atoms with Crippen molar-refractivity contribution in [3.8, 4) is 11.5 Å². The second-order valence-electron chi connectivity index (χ2n) is 6.28. The first-order valence-electron chi connectivity index (χ1n) is 8.57. The number of imidazole rings is 1. The molecule has 2 aromatic heterocycles. The van der Waals surface area contributed by atoms with E-state index in [1.165, 1.54) is 12.1 Å². The molecular weight excluding hydrogens is 333 g/mol. The van der Waals surface area contributed by atoms with Crippen LogP contribution in [-0.4, -0.2) is 37.3 Å². The van der Waals surface area contributed by atoms with Crippen LogP contribution in [0.2, 0.25) is 0 Å². The lowest BCUT2D eigenvalue weighted by atomic mass is 10.1. The Morgan fingerprint density at radius 3 is 2.73 bits per heavy atom. The van der Waals surface area contributed by atoms with Crippen molar-refractivity contribution in [3.05, 3.63) is 66.1 Å². The van der Waals surface area contributed by atoms with Crippen LogP contribution in [0.1, 0.15) is 30.1 Å². The van der Waals surface area contributed by atoms with E-state index >= 15 is 0 Å². The van der Waals surface area contributed by atoms with Gasteiger partial charge in [-0.15, -0.1) is 0 Å². The Morgan fingerprint density at radius 1 is 1.15 bits per heavy atom. The van der Waals surface area contributed by atoms with Gasteiger partial charge in [0.1, 0.15) is 11.5 Å². The van der Waals surface area contributed by atoms with Crippen LogP contribution in [0.15, 0.2) is 49.1 Å². The summed E-state index contributed by atoms with van der Waals surface area (Å²) in [6.45, 7) is 0.679. The molecule has 1 aliphatic heterocycles. The Kier molecular flexibility index (Phi) is 4.43. The maximum atomic E-state index is 13.1. The first-order valence-corrected chi connectivity index (χ1v) is 8.57. The fraction of sp³-hybridized carbons (Fsp3) is 0.263. The van der Waals surface area contributed by atoms with Gasteiger partial charge in [0, 0.05) is 31.3 Å². The minimum Gasteiger partial charge on any atom is -0.343 e.